The van der Waals surface area contributed by atoms with Gasteiger partial charge in [0.2, 0.25) is 12.0 Å². The molecule has 2 heterocycles. The number of thioether (sulfide) groups is 1. The molecule has 0 radical (unpaired) electrons. The molecule has 0 unspecified atom stereocenters. The number of hydrogen-bond acceptors (Lipinski definition) is 5. The van der Waals surface area contributed by atoms with Crippen LogP contribution in [0, 0.1) is 0 Å². The van der Waals surface area contributed by atoms with E-state index in [2.05, 4.69) is 12.1 Å². The summed E-state index contributed by atoms with van der Waals surface area (Å²) >= 11 is 1.65. The van der Waals surface area contributed by atoms with Gasteiger partial charge in [0.05, 0.1) is 5.25 Å². The van der Waals surface area contributed by atoms with Crippen molar-refractivity contribution in [2.24, 2.45) is 0 Å². The molecule has 158 valence electrons. The Morgan fingerprint density at radius 3 is 2.33 bits per heavy atom. The third-order valence-corrected chi connectivity index (χ3v) is 6.58. The zero-order valence-corrected chi connectivity index (χ0v) is 17.8. The Labute approximate surface area is 181 Å². The van der Waals surface area contributed by atoms with Gasteiger partial charge in [0, 0.05) is 31.9 Å². The number of fused-ring (bicyclic) bond motifs is 1. The average molecular weight is 427 g/mol. The Morgan fingerprint density at radius 1 is 0.967 bits per heavy atom. The molecule has 2 aromatic carbocycles. The Balaban J connectivity index is 1.25. The molecule has 2 amide bonds. The van der Waals surface area contributed by atoms with E-state index >= 15 is 0 Å². The quantitative estimate of drug-likeness (QED) is 0.736. The van der Waals surface area contributed by atoms with Crippen LogP contribution in [0.1, 0.15) is 12.5 Å². The molecule has 0 N–H and O–H groups in total. The van der Waals surface area contributed by atoms with Gasteiger partial charge in [-0.15, -0.1) is 11.8 Å². The van der Waals surface area contributed by atoms with Crippen molar-refractivity contribution in [1.82, 2.24) is 9.80 Å². The van der Waals surface area contributed by atoms with E-state index in [9.17, 15) is 9.59 Å². The van der Waals surface area contributed by atoms with Crippen molar-refractivity contribution in [3.05, 3.63) is 60.2 Å². The second-order valence-corrected chi connectivity index (χ2v) is 8.78. The van der Waals surface area contributed by atoms with Gasteiger partial charge in [-0.3, -0.25) is 9.59 Å². The summed E-state index contributed by atoms with van der Waals surface area (Å²) in [7, 11) is 0. The SMILES string of the molecule is C[C@H](SCc1ccccc1)C(=O)N1CCN(C(=O)[C@@H]2COc3ccccc3O2)CC1. The molecular formula is C23H26N2O4S. The lowest BCUT2D eigenvalue weighted by molar-refractivity contribution is -0.146. The summed E-state index contributed by atoms with van der Waals surface area (Å²) in [4.78, 5) is 29.3. The van der Waals surface area contributed by atoms with Crippen LogP contribution < -0.4 is 9.47 Å². The minimum atomic E-state index is -0.637. The number of benzene rings is 2. The maximum Gasteiger partial charge on any atom is 0.267 e. The van der Waals surface area contributed by atoms with Gasteiger partial charge < -0.3 is 19.3 Å². The topological polar surface area (TPSA) is 59.1 Å². The monoisotopic (exact) mass is 426 g/mol. The van der Waals surface area contributed by atoms with Gasteiger partial charge in [-0.05, 0) is 24.6 Å². The maximum absolute atomic E-state index is 12.8. The Kier molecular flexibility index (Phi) is 6.47. The summed E-state index contributed by atoms with van der Waals surface area (Å²) < 4.78 is 11.5. The third kappa shape index (κ3) is 4.73. The summed E-state index contributed by atoms with van der Waals surface area (Å²) in [6.45, 7) is 4.29. The summed E-state index contributed by atoms with van der Waals surface area (Å²) in [6.07, 6.45) is -0.637. The van der Waals surface area contributed by atoms with E-state index < -0.39 is 6.10 Å². The first-order chi connectivity index (χ1) is 14.6. The van der Waals surface area contributed by atoms with Gasteiger partial charge in [0.1, 0.15) is 6.61 Å². The van der Waals surface area contributed by atoms with E-state index in [-0.39, 0.29) is 23.7 Å². The van der Waals surface area contributed by atoms with Crippen LogP contribution in [-0.2, 0) is 15.3 Å². The lowest BCUT2D eigenvalue weighted by Gasteiger charge is -2.37. The fourth-order valence-corrected chi connectivity index (χ4v) is 4.54. The number of ether oxygens (including phenoxy) is 2. The molecule has 1 saturated heterocycles. The second-order valence-electron chi connectivity index (χ2n) is 7.45. The predicted octanol–water partition coefficient (Wildman–Crippen LogP) is 2.82. The lowest BCUT2D eigenvalue weighted by atomic mass is 10.2. The Hall–Kier alpha value is -2.67. The third-order valence-electron chi connectivity index (χ3n) is 5.38. The molecule has 0 bridgehead atoms. The van der Waals surface area contributed by atoms with Crippen LogP contribution in [0.3, 0.4) is 0 Å². The largest absolute Gasteiger partial charge is 0.485 e. The van der Waals surface area contributed by atoms with E-state index in [4.69, 9.17) is 9.47 Å². The van der Waals surface area contributed by atoms with E-state index in [1.165, 1.54) is 5.56 Å². The molecule has 2 atom stereocenters. The first-order valence-corrected chi connectivity index (χ1v) is 11.3. The van der Waals surface area contributed by atoms with Crippen LogP contribution in [0.15, 0.2) is 54.6 Å². The molecule has 30 heavy (non-hydrogen) atoms. The van der Waals surface area contributed by atoms with Crippen molar-refractivity contribution >= 4 is 23.6 Å². The summed E-state index contributed by atoms with van der Waals surface area (Å²) in [5, 5.41) is -0.112. The molecular weight excluding hydrogens is 400 g/mol. The standard InChI is InChI=1S/C23H26N2O4S/c1-17(30-16-18-7-3-2-4-8-18)22(26)24-11-13-25(14-12-24)23(27)21-15-28-19-9-5-6-10-20(19)29-21/h2-10,17,21H,11-16H2,1H3/t17-,21-/m0/s1. The number of nitrogens with zero attached hydrogens (tertiary/aromatic N) is 2. The summed E-state index contributed by atoms with van der Waals surface area (Å²) in [6, 6.07) is 17.5. The van der Waals surface area contributed by atoms with Crippen LogP contribution in [0.2, 0.25) is 0 Å². The lowest BCUT2D eigenvalue weighted by Crippen LogP contribution is -2.56. The number of carbonyl (C=O) groups is 2. The Bertz CT molecular complexity index is 884. The van der Waals surface area contributed by atoms with E-state index in [0.29, 0.717) is 37.7 Å². The first kappa shape index (κ1) is 20.6. The molecule has 4 rings (SSSR count). The predicted molar refractivity (Wildman–Crippen MR) is 117 cm³/mol. The number of hydrogen-bond donors (Lipinski definition) is 0. The zero-order chi connectivity index (χ0) is 20.9. The highest BCUT2D eigenvalue weighted by Gasteiger charge is 2.34. The molecule has 1 fully saturated rings. The summed E-state index contributed by atoms with van der Waals surface area (Å²) in [5.41, 5.74) is 1.22. The van der Waals surface area contributed by atoms with Crippen LogP contribution >= 0.6 is 11.8 Å². The average Bonchev–Trinajstić information content (AvgIpc) is 2.82. The number of amides is 2. The molecule has 6 nitrogen and oxygen atoms in total. The fraction of sp³-hybridized carbons (Fsp3) is 0.391. The van der Waals surface area contributed by atoms with E-state index in [1.807, 2.05) is 48.2 Å². The second kappa shape index (κ2) is 9.43. The van der Waals surface area contributed by atoms with Crippen molar-refractivity contribution in [2.45, 2.75) is 24.0 Å². The van der Waals surface area contributed by atoms with E-state index in [0.717, 1.165) is 5.75 Å². The molecule has 0 spiro atoms. The zero-order valence-electron chi connectivity index (χ0n) is 17.0. The highest BCUT2D eigenvalue weighted by Crippen LogP contribution is 2.31. The van der Waals surface area contributed by atoms with Crippen LogP contribution in [0.4, 0.5) is 0 Å². The maximum atomic E-state index is 12.8. The minimum absolute atomic E-state index is 0.0805. The number of rotatable bonds is 5. The van der Waals surface area contributed by atoms with Gasteiger partial charge in [-0.25, -0.2) is 0 Å². The fourth-order valence-electron chi connectivity index (χ4n) is 3.62. The highest BCUT2D eigenvalue weighted by atomic mass is 32.2. The van der Waals surface area contributed by atoms with E-state index in [1.54, 1.807) is 22.7 Å². The van der Waals surface area contributed by atoms with Gasteiger partial charge in [0.25, 0.3) is 5.91 Å². The highest BCUT2D eigenvalue weighted by molar-refractivity contribution is 7.99. The number of piperazine rings is 1. The molecule has 0 aromatic heterocycles. The molecule has 2 aromatic rings. The smallest absolute Gasteiger partial charge is 0.267 e. The van der Waals surface area contributed by atoms with Crippen molar-refractivity contribution in [1.29, 1.82) is 0 Å². The van der Waals surface area contributed by atoms with Crippen molar-refractivity contribution in [3.63, 3.8) is 0 Å². The first-order valence-electron chi connectivity index (χ1n) is 10.2. The van der Waals surface area contributed by atoms with Gasteiger partial charge >= 0.3 is 0 Å². The number of para-hydroxylation sites is 2. The normalized spacial score (nSPS) is 19.3. The van der Waals surface area contributed by atoms with Crippen molar-refractivity contribution < 1.29 is 19.1 Å². The number of carbonyl (C=O) groups excluding carboxylic acids is 2. The van der Waals surface area contributed by atoms with Gasteiger partial charge in [-0.2, -0.15) is 0 Å². The molecule has 7 heteroatoms. The van der Waals surface area contributed by atoms with Crippen LogP contribution in [0.25, 0.3) is 0 Å². The Morgan fingerprint density at radius 2 is 1.60 bits per heavy atom. The van der Waals surface area contributed by atoms with Crippen molar-refractivity contribution in [3.8, 4) is 11.5 Å². The summed E-state index contributed by atoms with van der Waals surface area (Å²) in [5.74, 6) is 2.13. The van der Waals surface area contributed by atoms with Crippen LogP contribution in [0.5, 0.6) is 11.5 Å². The molecule has 2 aliphatic rings. The molecule has 2 aliphatic heterocycles. The molecule has 0 saturated carbocycles. The minimum Gasteiger partial charge on any atom is -0.485 e. The molecule has 0 aliphatic carbocycles. The van der Waals surface area contributed by atoms with Gasteiger partial charge in [-0.1, -0.05) is 42.5 Å². The van der Waals surface area contributed by atoms with Crippen molar-refractivity contribution in [2.75, 3.05) is 32.8 Å². The van der Waals surface area contributed by atoms with Gasteiger partial charge in [0.15, 0.2) is 11.5 Å². The van der Waals surface area contributed by atoms with Crippen LogP contribution in [-0.4, -0.2) is 65.8 Å².